The van der Waals surface area contributed by atoms with Gasteiger partial charge < -0.3 is 16.2 Å². The third kappa shape index (κ3) is 4.73. The van der Waals surface area contributed by atoms with Gasteiger partial charge in [0.05, 0.1) is 16.8 Å². The molecule has 1 amide bonds. The molecule has 0 aliphatic rings. The fraction of sp³-hybridized carbons (Fsp3) is 0.0769. The molecule has 2 aromatic rings. The van der Waals surface area contributed by atoms with Crippen molar-refractivity contribution in [3.63, 3.8) is 0 Å². The molecule has 0 unspecified atom stereocenters. The lowest BCUT2D eigenvalue weighted by molar-refractivity contribution is -0.115. The second-order valence-corrected chi connectivity index (χ2v) is 7.49. The Kier molecular flexibility index (Phi) is 5.70. The predicted molar refractivity (Wildman–Crippen MR) is 91.4 cm³/mol. The topological polar surface area (TPSA) is 175 Å². The molecule has 27 heavy (non-hydrogen) atoms. The van der Waals surface area contributed by atoms with Gasteiger partial charge in [0.25, 0.3) is 10.0 Å². The van der Waals surface area contributed by atoms with Gasteiger partial charge in [0.15, 0.2) is 17.3 Å². The highest BCUT2D eigenvalue weighted by atomic mass is 32.2. The van der Waals surface area contributed by atoms with Crippen LogP contribution in [0.3, 0.4) is 0 Å². The molecular weight excluding hydrogens is 408 g/mol. The van der Waals surface area contributed by atoms with Crippen LogP contribution in [0.1, 0.15) is 16.9 Å². The largest absolute Gasteiger partial charge is 0.476 e. The normalized spacial score (nSPS) is 11.0. The summed E-state index contributed by atoms with van der Waals surface area (Å²) in [6.07, 6.45) is -0.607. The number of benzene rings is 1. The Balaban J connectivity index is 2.33. The SMILES string of the molecule is N=C(N)CC(=O)Nc1c(F)cc(S(=O)(=O)Nc2scnc2C(=O)O)cc1F. The Hall–Kier alpha value is -3.13. The number of amidine groups is 1. The number of hydrogen-bond acceptors (Lipinski definition) is 7. The monoisotopic (exact) mass is 419 g/mol. The lowest BCUT2D eigenvalue weighted by Crippen LogP contribution is -2.22. The van der Waals surface area contributed by atoms with E-state index in [-0.39, 0.29) is 5.00 Å². The number of nitrogens with zero attached hydrogens (tertiary/aromatic N) is 1. The molecule has 0 aliphatic carbocycles. The lowest BCUT2D eigenvalue weighted by atomic mass is 10.2. The number of amides is 1. The number of thiazole rings is 1. The zero-order valence-electron chi connectivity index (χ0n) is 13.1. The fourth-order valence-corrected chi connectivity index (χ4v) is 3.85. The number of nitrogens with two attached hydrogens (primary N) is 1. The van der Waals surface area contributed by atoms with E-state index in [1.807, 2.05) is 10.0 Å². The Morgan fingerprint density at radius 3 is 2.41 bits per heavy atom. The van der Waals surface area contributed by atoms with Crippen LogP contribution in [0.15, 0.2) is 22.5 Å². The molecule has 0 aliphatic heterocycles. The smallest absolute Gasteiger partial charge is 0.357 e. The number of halogens is 2. The summed E-state index contributed by atoms with van der Waals surface area (Å²) in [7, 11) is -4.54. The summed E-state index contributed by atoms with van der Waals surface area (Å²) in [5.41, 5.74) is 4.60. The molecule has 144 valence electrons. The van der Waals surface area contributed by atoms with Crippen molar-refractivity contribution in [2.45, 2.75) is 11.3 Å². The Morgan fingerprint density at radius 2 is 1.89 bits per heavy atom. The molecule has 0 fully saturated rings. The number of anilines is 2. The molecule has 0 saturated carbocycles. The first kappa shape index (κ1) is 20.2. The van der Waals surface area contributed by atoms with Crippen LogP contribution in [-0.4, -0.2) is 36.2 Å². The molecule has 1 aromatic heterocycles. The predicted octanol–water partition coefficient (Wildman–Crippen LogP) is 1.18. The maximum absolute atomic E-state index is 14.1. The molecule has 0 saturated heterocycles. The summed E-state index contributed by atoms with van der Waals surface area (Å²) >= 11 is 0.666. The number of carbonyl (C=O) groups excluding carboxylic acids is 1. The molecule has 0 bridgehead atoms. The van der Waals surface area contributed by atoms with Crippen molar-refractivity contribution in [1.82, 2.24) is 4.98 Å². The average molecular weight is 419 g/mol. The number of rotatable bonds is 7. The Bertz CT molecular complexity index is 1010. The van der Waals surface area contributed by atoms with E-state index in [1.54, 1.807) is 0 Å². The summed E-state index contributed by atoms with van der Waals surface area (Å²) < 4.78 is 54.6. The van der Waals surface area contributed by atoms with Crippen LogP contribution in [0.5, 0.6) is 0 Å². The second kappa shape index (κ2) is 7.63. The lowest BCUT2D eigenvalue weighted by Gasteiger charge is -2.11. The van der Waals surface area contributed by atoms with Crippen LogP contribution in [0, 0.1) is 17.0 Å². The van der Waals surface area contributed by atoms with Gasteiger partial charge in [0, 0.05) is 0 Å². The van der Waals surface area contributed by atoms with Crippen molar-refractivity contribution in [3.8, 4) is 0 Å². The summed E-state index contributed by atoms with van der Waals surface area (Å²) in [5, 5.41) is 17.4. The first-order chi connectivity index (χ1) is 12.5. The van der Waals surface area contributed by atoms with Crippen molar-refractivity contribution < 1.29 is 31.9 Å². The van der Waals surface area contributed by atoms with Crippen LogP contribution in [-0.2, 0) is 14.8 Å². The first-order valence-electron chi connectivity index (χ1n) is 6.82. The Labute approximate surface area is 154 Å². The van der Waals surface area contributed by atoms with Crippen molar-refractivity contribution in [1.29, 1.82) is 5.41 Å². The standard InChI is InChI=1S/C13H11F2N5O5S2/c14-6-1-5(2-7(15)10(6)19-9(21)3-8(16)17)27(24,25)20-12-11(13(22)23)18-4-26-12/h1-2,4,20H,3H2,(H3,16,17)(H,19,21)(H,22,23). The van der Waals surface area contributed by atoms with Crippen molar-refractivity contribution in [2.24, 2.45) is 5.73 Å². The molecule has 6 N–H and O–H groups in total. The Morgan fingerprint density at radius 1 is 1.30 bits per heavy atom. The minimum Gasteiger partial charge on any atom is -0.476 e. The van der Waals surface area contributed by atoms with E-state index in [4.69, 9.17) is 16.2 Å². The maximum Gasteiger partial charge on any atom is 0.357 e. The molecular formula is C13H11F2N5O5S2. The molecule has 1 aromatic carbocycles. The summed E-state index contributed by atoms with van der Waals surface area (Å²) in [4.78, 5) is 25.1. The molecule has 0 atom stereocenters. The van der Waals surface area contributed by atoms with E-state index in [2.05, 4.69) is 4.98 Å². The van der Waals surface area contributed by atoms with Crippen LogP contribution in [0.4, 0.5) is 19.5 Å². The highest BCUT2D eigenvalue weighted by Gasteiger charge is 2.24. The van der Waals surface area contributed by atoms with Gasteiger partial charge in [-0.15, -0.1) is 11.3 Å². The molecule has 1 heterocycles. The number of aromatic carboxylic acids is 1. The fourth-order valence-electron chi connectivity index (χ4n) is 1.83. The zero-order chi connectivity index (χ0) is 20.4. The first-order valence-corrected chi connectivity index (χ1v) is 9.19. The van der Waals surface area contributed by atoms with Gasteiger partial charge in [-0.1, -0.05) is 0 Å². The highest BCUT2D eigenvalue weighted by molar-refractivity contribution is 7.93. The average Bonchev–Trinajstić information content (AvgIpc) is 2.97. The highest BCUT2D eigenvalue weighted by Crippen LogP contribution is 2.27. The van der Waals surface area contributed by atoms with E-state index >= 15 is 0 Å². The number of carbonyl (C=O) groups is 2. The number of aromatic nitrogens is 1. The van der Waals surface area contributed by atoms with Gasteiger partial charge in [-0.3, -0.25) is 14.9 Å². The summed E-state index contributed by atoms with van der Waals surface area (Å²) in [6, 6.07) is 0.881. The van der Waals surface area contributed by atoms with E-state index in [0.717, 1.165) is 5.51 Å². The van der Waals surface area contributed by atoms with E-state index in [0.29, 0.717) is 23.5 Å². The van der Waals surface area contributed by atoms with Gasteiger partial charge in [-0.05, 0) is 12.1 Å². The van der Waals surface area contributed by atoms with Gasteiger partial charge in [0.1, 0.15) is 16.5 Å². The minimum absolute atomic E-state index is 0.345. The summed E-state index contributed by atoms with van der Waals surface area (Å²) in [5.74, 6) is -5.78. The molecule has 0 radical (unpaired) electrons. The van der Waals surface area contributed by atoms with Crippen LogP contribution in [0.2, 0.25) is 0 Å². The zero-order valence-corrected chi connectivity index (χ0v) is 14.7. The van der Waals surface area contributed by atoms with Crippen molar-refractivity contribution in [3.05, 3.63) is 35.0 Å². The van der Waals surface area contributed by atoms with E-state index < -0.39 is 62.1 Å². The number of carboxylic acid groups (broad SMARTS) is 1. The van der Waals surface area contributed by atoms with Crippen LogP contribution >= 0.6 is 11.3 Å². The summed E-state index contributed by atoms with van der Waals surface area (Å²) in [6.45, 7) is 0. The van der Waals surface area contributed by atoms with Crippen molar-refractivity contribution >= 4 is 49.8 Å². The van der Waals surface area contributed by atoms with Gasteiger partial charge in [-0.2, -0.15) is 0 Å². The van der Waals surface area contributed by atoms with E-state index in [9.17, 15) is 26.8 Å². The number of nitrogens with one attached hydrogen (secondary N) is 3. The van der Waals surface area contributed by atoms with Crippen LogP contribution < -0.4 is 15.8 Å². The van der Waals surface area contributed by atoms with Gasteiger partial charge in [0.2, 0.25) is 5.91 Å². The molecule has 10 nitrogen and oxygen atoms in total. The number of carboxylic acids is 1. The number of hydrogen-bond donors (Lipinski definition) is 5. The van der Waals surface area contributed by atoms with Gasteiger partial charge >= 0.3 is 5.97 Å². The van der Waals surface area contributed by atoms with Crippen LogP contribution in [0.25, 0.3) is 0 Å². The third-order valence-electron chi connectivity index (χ3n) is 2.94. The molecule has 0 spiro atoms. The third-order valence-corrected chi connectivity index (χ3v) is 5.14. The van der Waals surface area contributed by atoms with E-state index in [1.165, 1.54) is 0 Å². The second-order valence-electron chi connectivity index (χ2n) is 4.95. The van der Waals surface area contributed by atoms with Crippen molar-refractivity contribution in [2.75, 3.05) is 10.0 Å². The minimum atomic E-state index is -4.54. The van der Waals surface area contributed by atoms with Gasteiger partial charge in [-0.25, -0.2) is 27.0 Å². The molecule has 2 rings (SSSR count). The quantitative estimate of drug-likeness (QED) is 0.331. The molecule has 14 heteroatoms. The number of sulfonamides is 1. The maximum atomic E-state index is 14.1.